The molecule has 9 rings (SSSR count). The van der Waals surface area contributed by atoms with Crippen LogP contribution in [0.5, 0.6) is 0 Å². The molecule has 0 radical (unpaired) electrons. The average Bonchev–Trinajstić information content (AvgIpc) is 4.01. The molecule has 0 unspecified atom stereocenters. The van der Waals surface area contributed by atoms with Gasteiger partial charge in [-0.25, -0.2) is 28.2 Å². The van der Waals surface area contributed by atoms with Crippen molar-refractivity contribution in [2.24, 2.45) is 14.1 Å². The van der Waals surface area contributed by atoms with Crippen molar-refractivity contribution in [3.05, 3.63) is 80.2 Å². The lowest BCUT2D eigenvalue weighted by Crippen LogP contribution is -2.51. The van der Waals surface area contributed by atoms with Crippen molar-refractivity contribution in [2.75, 3.05) is 23.7 Å². The van der Waals surface area contributed by atoms with Gasteiger partial charge < -0.3 is 20.6 Å². The SMILES string of the molecule is Cn1nc(S(=O)(=O)NC(=O)Nc2c3c(cc4c2CCC4)CCC3)cc1C(=O)N1CC(F)C1.Cn1nc(S(=O)(=O)NC(=O)Nc2c3c(cc4c2CCC4)CCC3)cc1C(=O)O. The number of nitrogens with one attached hydrogen (secondary N) is 4. The molecule has 4 aliphatic carbocycles. The Morgan fingerprint density at radius 2 is 0.983 bits per heavy atom. The molecule has 0 atom stereocenters. The Labute approximate surface area is 345 Å². The number of amides is 5. The first-order valence-corrected chi connectivity index (χ1v) is 22.7. The van der Waals surface area contributed by atoms with Crippen LogP contribution in [0.2, 0.25) is 0 Å². The number of carboxylic acid groups (broad SMARTS) is 1. The number of benzene rings is 2. The van der Waals surface area contributed by atoms with Crippen LogP contribution in [0.1, 0.15) is 91.2 Å². The number of aromatic carboxylic acids is 1. The maximum atomic E-state index is 13.1. The summed E-state index contributed by atoms with van der Waals surface area (Å²) in [5.74, 6) is -1.81. The number of carboxylic acids is 1. The third-order valence-electron chi connectivity index (χ3n) is 11.7. The molecule has 18 nitrogen and oxygen atoms in total. The molecule has 1 fully saturated rings. The van der Waals surface area contributed by atoms with Gasteiger partial charge in [0, 0.05) is 37.6 Å². The molecule has 1 saturated heterocycles. The molecule has 0 spiro atoms. The summed E-state index contributed by atoms with van der Waals surface area (Å²) in [7, 11) is -5.86. The Morgan fingerprint density at radius 3 is 1.33 bits per heavy atom. The van der Waals surface area contributed by atoms with Gasteiger partial charge in [0.2, 0.25) is 0 Å². The molecule has 318 valence electrons. The zero-order valence-corrected chi connectivity index (χ0v) is 34.6. The van der Waals surface area contributed by atoms with Gasteiger partial charge in [0.1, 0.15) is 17.6 Å². The van der Waals surface area contributed by atoms with Gasteiger partial charge >= 0.3 is 18.0 Å². The Balaban J connectivity index is 0.000000168. The van der Waals surface area contributed by atoms with Crippen molar-refractivity contribution in [1.82, 2.24) is 33.9 Å². The standard InChI is InChI=1S/C21H24FN5O4S.C18H20N4O5S/c1-26-17(20(28)27-10-14(22)11-27)9-18(24-26)32(30,31)25-21(29)23-19-15-6-2-4-12(15)8-13-5-3-7-16(13)19;1-22-14(17(23)24)9-15(20-22)28(26,27)21-18(25)19-16-12-6-2-4-10(12)8-11-5-3-7-13(11)16/h8-9,14H,2-7,10-11H2,1H3,(H2,23,25,29);8-9H,2-7H2,1H3,(H,23,24)(H2,19,21,25). The number of carbonyl (C=O) groups excluding carboxylic acids is 3. The van der Waals surface area contributed by atoms with Crippen LogP contribution in [0.15, 0.2) is 34.3 Å². The van der Waals surface area contributed by atoms with E-state index in [1.807, 2.05) is 9.44 Å². The molecule has 5 amide bonds. The molecule has 5 N–H and O–H groups in total. The van der Waals surface area contributed by atoms with Gasteiger partial charge in [-0.05, 0) is 122 Å². The minimum Gasteiger partial charge on any atom is -0.477 e. The number of sulfonamides is 2. The van der Waals surface area contributed by atoms with Gasteiger partial charge in [-0.15, -0.1) is 0 Å². The van der Waals surface area contributed by atoms with Crippen LogP contribution in [0.25, 0.3) is 0 Å². The Kier molecular flexibility index (Phi) is 10.7. The monoisotopic (exact) mass is 865 g/mol. The highest BCUT2D eigenvalue weighted by atomic mass is 32.2. The molecule has 1 aliphatic heterocycles. The van der Waals surface area contributed by atoms with E-state index in [9.17, 15) is 40.4 Å². The molecule has 21 heteroatoms. The summed E-state index contributed by atoms with van der Waals surface area (Å²) >= 11 is 0. The topological polar surface area (TPSA) is 244 Å². The van der Waals surface area contributed by atoms with Gasteiger partial charge in [0.05, 0.1) is 13.1 Å². The number of hydrogen-bond acceptors (Lipinski definition) is 10. The number of urea groups is 2. The van der Waals surface area contributed by atoms with Crippen LogP contribution in [0, 0.1) is 0 Å². The fourth-order valence-corrected chi connectivity index (χ4v) is 10.7. The second kappa shape index (κ2) is 15.6. The number of carbonyl (C=O) groups is 4. The minimum absolute atomic E-state index is 0.0105. The van der Waals surface area contributed by atoms with Crippen LogP contribution in [-0.2, 0) is 85.5 Å². The number of aryl methyl sites for hydroxylation is 6. The molecule has 0 saturated carbocycles. The first-order valence-electron chi connectivity index (χ1n) is 19.7. The number of aromatic nitrogens is 4. The highest BCUT2D eigenvalue weighted by molar-refractivity contribution is 7.90. The first kappa shape index (κ1) is 40.9. The van der Waals surface area contributed by atoms with Crippen LogP contribution in [0.4, 0.5) is 25.4 Å². The maximum absolute atomic E-state index is 13.1. The molecule has 2 aromatic carbocycles. The van der Waals surface area contributed by atoms with E-state index >= 15 is 0 Å². The van der Waals surface area contributed by atoms with Crippen LogP contribution in [-0.4, -0.2) is 89.6 Å². The fourth-order valence-electron chi connectivity index (χ4n) is 8.86. The van der Waals surface area contributed by atoms with E-state index in [0.717, 1.165) is 132 Å². The summed E-state index contributed by atoms with van der Waals surface area (Å²) in [6, 6.07) is 4.71. The van der Waals surface area contributed by atoms with Crippen molar-refractivity contribution in [3.63, 3.8) is 0 Å². The van der Waals surface area contributed by atoms with Crippen molar-refractivity contribution in [1.29, 1.82) is 0 Å². The number of alkyl halides is 1. The highest BCUT2D eigenvalue weighted by Gasteiger charge is 2.35. The van der Waals surface area contributed by atoms with Crippen molar-refractivity contribution in [3.8, 4) is 0 Å². The normalized spacial score (nSPS) is 16.5. The van der Waals surface area contributed by atoms with Crippen LogP contribution in [0.3, 0.4) is 0 Å². The van der Waals surface area contributed by atoms with E-state index in [4.69, 9.17) is 5.11 Å². The lowest BCUT2D eigenvalue weighted by Gasteiger charge is -2.34. The summed E-state index contributed by atoms with van der Waals surface area (Å²) in [4.78, 5) is 49.9. The largest absolute Gasteiger partial charge is 0.477 e. The molecule has 3 heterocycles. The quantitative estimate of drug-likeness (QED) is 0.172. The van der Waals surface area contributed by atoms with E-state index < -0.39 is 60.2 Å². The lowest BCUT2D eigenvalue weighted by molar-refractivity contribution is 0.0389. The number of anilines is 2. The predicted octanol–water partition coefficient (Wildman–Crippen LogP) is 3.31. The van der Waals surface area contributed by atoms with E-state index in [2.05, 4.69) is 33.0 Å². The number of fused-ring (bicyclic) bond motifs is 4. The molecule has 5 aliphatic rings. The van der Waals surface area contributed by atoms with E-state index in [-0.39, 0.29) is 24.5 Å². The number of hydrogen-bond donors (Lipinski definition) is 5. The van der Waals surface area contributed by atoms with Crippen molar-refractivity contribution >= 4 is 55.4 Å². The zero-order chi connectivity index (χ0) is 42.7. The molecule has 2 aromatic heterocycles. The highest BCUT2D eigenvalue weighted by Crippen LogP contribution is 2.40. The van der Waals surface area contributed by atoms with Gasteiger partial charge in [0.25, 0.3) is 26.0 Å². The Morgan fingerprint density at radius 1 is 0.617 bits per heavy atom. The van der Waals surface area contributed by atoms with Crippen molar-refractivity contribution < 1.29 is 45.5 Å². The minimum atomic E-state index is -4.31. The van der Waals surface area contributed by atoms with Gasteiger partial charge in [-0.1, -0.05) is 12.1 Å². The van der Waals surface area contributed by atoms with Crippen LogP contribution >= 0.6 is 0 Å². The lowest BCUT2D eigenvalue weighted by atomic mass is 9.99. The molecule has 4 aromatic rings. The summed E-state index contributed by atoms with van der Waals surface area (Å²) in [5, 5.41) is 21.2. The zero-order valence-electron chi connectivity index (χ0n) is 32.9. The molecule has 0 bridgehead atoms. The smallest absolute Gasteiger partial charge is 0.354 e. The van der Waals surface area contributed by atoms with E-state index in [1.165, 1.54) is 41.2 Å². The van der Waals surface area contributed by atoms with Gasteiger partial charge in [-0.3, -0.25) is 14.2 Å². The number of halogens is 1. The Bertz CT molecular complexity index is 2640. The summed E-state index contributed by atoms with van der Waals surface area (Å²) < 4.78 is 69.5. The number of likely N-dealkylation sites (tertiary alicyclic amines) is 1. The number of rotatable bonds is 8. The second-order valence-electron chi connectivity index (χ2n) is 15.7. The van der Waals surface area contributed by atoms with Crippen molar-refractivity contribution in [2.45, 2.75) is 93.3 Å². The van der Waals surface area contributed by atoms with Crippen LogP contribution < -0.4 is 20.1 Å². The van der Waals surface area contributed by atoms with Gasteiger partial charge in [-0.2, -0.15) is 27.0 Å². The van der Waals surface area contributed by atoms with Gasteiger partial charge in [0.15, 0.2) is 10.1 Å². The summed E-state index contributed by atoms with van der Waals surface area (Å²) in [6.07, 6.45) is 10.2. The second-order valence-corrected chi connectivity index (χ2v) is 18.9. The predicted molar refractivity (Wildman–Crippen MR) is 214 cm³/mol. The van der Waals surface area contributed by atoms with E-state index in [1.54, 1.807) is 0 Å². The number of nitrogens with zero attached hydrogens (tertiary/aromatic N) is 5. The first-order chi connectivity index (χ1) is 28.5. The fraction of sp³-hybridized carbons (Fsp3) is 0.436. The Hall–Kier alpha value is -5.83. The molecular weight excluding hydrogens is 822 g/mol. The third kappa shape index (κ3) is 7.82. The average molecular weight is 866 g/mol. The third-order valence-corrected chi connectivity index (χ3v) is 14.1. The summed E-state index contributed by atoms with van der Waals surface area (Å²) in [5.41, 5.74) is 10.4. The van der Waals surface area contributed by atoms with E-state index in [0.29, 0.717) is 0 Å². The molecule has 60 heavy (non-hydrogen) atoms. The summed E-state index contributed by atoms with van der Waals surface area (Å²) in [6.45, 7) is -0.0586. The maximum Gasteiger partial charge on any atom is 0.354 e. The molecular formula is C39H44FN9O9S2.